The molecule has 0 aromatic heterocycles. The Morgan fingerprint density at radius 1 is 1.38 bits per heavy atom. The molecule has 2 rings (SSSR count). The molecule has 1 fully saturated rings. The average molecular weight is 283 g/mol. The van der Waals surface area contributed by atoms with E-state index in [0.29, 0.717) is 17.1 Å². The van der Waals surface area contributed by atoms with E-state index >= 15 is 0 Å². The molecule has 0 atom stereocenters. The zero-order valence-electron chi connectivity index (χ0n) is 10.4. The van der Waals surface area contributed by atoms with Crippen LogP contribution in [0.4, 0.5) is 0 Å². The zero-order chi connectivity index (χ0) is 12.1. The van der Waals surface area contributed by atoms with Crippen LogP contribution in [-0.4, -0.2) is 5.11 Å². The van der Waals surface area contributed by atoms with Crippen molar-refractivity contribution in [3.05, 3.63) is 27.2 Å². The van der Waals surface area contributed by atoms with Crippen molar-refractivity contribution in [3.63, 3.8) is 0 Å². The molecular weight excluding hydrogens is 264 g/mol. The van der Waals surface area contributed by atoms with Crippen molar-refractivity contribution in [2.45, 2.75) is 51.9 Å². The third kappa shape index (κ3) is 1.77. The first-order valence-corrected chi connectivity index (χ1v) is 6.68. The molecule has 0 unspecified atom stereocenters. The van der Waals surface area contributed by atoms with E-state index in [-0.39, 0.29) is 0 Å². The van der Waals surface area contributed by atoms with Gasteiger partial charge in [0.2, 0.25) is 0 Å². The summed E-state index contributed by atoms with van der Waals surface area (Å²) < 4.78 is 0.877. The van der Waals surface area contributed by atoms with Crippen molar-refractivity contribution in [2.75, 3.05) is 0 Å². The quantitative estimate of drug-likeness (QED) is 0.838. The van der Waals surface area contributed by atoms with Gasteiger partial charge in [-0.1, -0.05) is 26.8 Å². The van der Waals surface area contributed by atoms with Crippen LogP contribution >= 0.6 is 15.9 Å². The lowest BCUT2D eigenvalue weighted by Gasteiger charge is -2.19. The number of phenolic OH excluding ortho intramolecular Hbond substituents is 1. The molecule has 88 valence electrons. The maximum atomic E-state index is 10.1. The molecule has 1 saturated carbocycles. The minimum atomic E-state index is 0.351. The van der Waals surface area contributed by atoms with Gasteiger partial charge in [-0.3, -0.25) is 0 Å². The van der Waals surface area contributed by atoms with Gasteiger partial charge in [-0.15, -0.1) is 0 Å². The van der Waals surface area contributed by atoms with Gasteiger partial charge in [-0.05, 0) is 63.7 Å². The predicted octanol–water partition coefficient (Wildman–Crippen LogP) is 4.64. The number of benzene rings is 1. The first-order chi connectivity index (χ1) is 7.37. The molecule has 16 heavy (non-hydrogen) atoms. The molecule has 0 spiro atoms. The molecule has 1 aromatic rings. The Kier molecular flexibility index (Phi) is 2.82. The molecule has 0 amide bonds. The molecule has 1 nitrogen and oxygen atoms in total. The fourth-order valence-corrected chi connectivity index (χ4v) is 2.72. The molecule has 0 heterocycles. The minimum absolute atomic E-state index is 0.351. The van der Waals surface area contributed by atoms with E-state index in [9.17, 15) is 5.11 Å². The lowest BCUT2D eigenvalue weighted by molar-refractivity contribution is 0.460. The fraction of sp³-hybridized carbons (Fsp3) is 0.571. The number of rotatable bonds is 2. The largest absolute Gasteiger partial charge is 0.506 e. The van der Waals surface area contributed by atoms with E-state index in [0.717, 1.165) is 10.0 Å². The van der Waals surface area contributed by atoms with E-state index in [1.54, 1.807) is 0 Å². The van der Waals surface area contributed by atoms with Crippen molar-refractivity contribution in [3.8, 4) is 5.75 Å². The summed E-state index contributed by atoms with van der Waals surface area (Å²) >= 11 is 3.52. The Labute approximate surface area is 106 Å². The molecular formula is C14H19BrO. The van der Waals surface area contributed by atoms with Crippen molar-refractivity contribution < 1.29 is 5.11 Å². The second kappa shape index (κ2) is 3.76. The maximum Gasteiger partial charge on any atom is 0.133 e. The Morgan fingerprint density at radius 2 is 1.94 bits per heavy atom. The predicted molar refractivity (Wildman–Crippen MR) is 71.2 cm³/mol. The first kappa shape index (κ1) is 12.0. The first-order valence-electron chi connectivity index (χ1n) is 5.89. The van der Waals surface area contributed by atoms with Crippen molar-refractivity contribution in [1.82, 2.24) is 0 Å². The highest BCUT2D eigenvalue weighted by Gasteiger charge is 2.41. The van der Waals surface area contributed by atoms with Crippen LogP contribution in [0, 0.1) is 6.92 Å². The number of halogens is 1. The number of phenols is 1. The summed E-state index contributed by atoms with van der Waals surface area (Å²) in [5, 5.41) is 10.1. The second-order valence-corrected chi connectivity index (χ2v) is 6.31. The molecule has 0 radical (unpaired) electrons. The van der Waals surface area contributed by atoms with Crippen LogP contribution in [-0.2, 0) is 5.41 Å². The summed E-state index contributed by atoms with van der Waals surface area (Å²) in [6, 6.07) is 2.20. The monoisotopic (exact) mass is 282 g/mol. The second-order valence-electron chi connectivity index (χ2n) is 5.52. The van der Waals surface area contributed by atoms with Gasteiger partial charge in [0.15, 0.2) is 0 Å². The molecule has 1 aromatic carbocycles. The normalized spacial score (nSPS) is 17.9. The molecule has 1 aliphatic rings. The molecule has 0 aliphatic heterocycles. The van der Waals surface area contributed by atoms with Gasteiger partial charge in [-0.2, -0.15) is 0 Å². The summed E-state index contributed by atoms with van der Waals surface area (Å²) in [5.41, 5.74) is 4.01. The maximum absolute atomic E-state index is 10.1. The Hall–Kier alpha value is -0.500. The third-order valence-electron chi connectivity index (χ3n) is 3.79. The molecule has 0 bridgehead atoms. The van der Waals surface area contributed by atoms with Gasteiger partial charge >= 0.3 is 0 Å². The van der Waals surface area contributed by atoms with Gasteiger partial charge in [0, 0.05) is 0 Å². The van der Waals surface area contributed by atoms with E-state index < -0.39 is 0 Å². The van der Waals surface area contributed by atoms with Crippen LogP contribution in [0.15, 0.2) is 10.5 Å². The third-order valence-corrected chi connectivity index (χ3v) is 4.76. The van der Waals surface area contributed by atoms with Gasteiger partial charge in [0.25, 0.3) is 0 Å². The van der Waals surface area contributed by atoms with Crippen LogP contribution in [0.5, 0.6) is 5.75 Å². The molecule has 2 heteroatoms. The van der Waals surface area contributed by atoms with E-state index in [1.807, 2.05) is 0 Å². The number of hydrogen-bond acceptors (Lipinski definition) is 1. The summed E-state index contributed by atoms with van der Waals surface area (Å²) in [6.07, 6.45) is 2.53. The number of aromatic hydroxyl groups is 1. The molecule has 1 aliphatic carbocycles. The van der Waals surface area contributed by atoms with E-state index in [4.69, 9.17) is 0 Å². The summed E-state index contributed by atoms with van der Waals surface area (Å²) in [5.74, 6) is 0.776. The minimum Gasteiger partial charge on any atom is -0.506 e. The zero-order valence-corrected chi connectivity index (χ0v) is 12.0. The van der Waals surface area contributed by atoms with Crippen LogP contribution in [0.25, 0.3) is 0 Å². The highest BCUT2D eigenvalue weighted by molar-refractivity contribution is 9.10. The lowest BCUT2D eigenvalue weighted by Crippen LogP contribution is -2.05. The SMILES string of the molecule is Cc1c(C2(C)CC2)cc(C(C)C)c(O)c1Br. The average Bonchev–Trinajstić information content (AvgIpc) is 2.93. The van der Waals surface area contributed by atoms with Crippen LogP contribution < -0.4 is 0 Å². The fourth-order valence-electron chi connectivity index (χ4n) is 2.28. The Balaban J connectivity index is 2.62. The van der Waals surface area contributed by atoms with Gasteiger partial charge in [-0.25, -0.2) is 0 Å². The lowest BCUT2D eigenvalue weighted by atomic mass is 9.89. The van der Waals surface area contributed by atoms with Crippen molar-refractivity contribution >= 4 is 15.9 Å². The summed E-state index contributed by atoms with van der Waals surface area (Å²) in [7, 11) is 0. The molecule has 1 N–H and O–H groups in total. The van der Waals surface area contributed by atoms with Crippen LogP contribution in [0.1, 0.15) is 56.2 Å². The smallest absolute Gasteiger partial charge is 0.133 e. The van der Waals surface area contributed by atoms with E-state index in [1.165, 1.54) is 24.0 Å². The van der Waals surface area contributed by atoms with Crippen molar-refractivity contribution in [2.24, 2.45) is 0 Å². The molecule has 0 saturated heterocycles. The highest BCUT2D eigenvalue weighted by Crippen LogP contribution is 2.52. The standard InChI is InChI=1S/C14H19BrO/c1-8(2)10-7-11(14(4)5-6-14)9(3)12(15)13(10)16/h7-8,16H,5-6H2,1-4H3. The van der Waals surface area contributed by atoms with Crippen LogP contribution in [0.2, 0.25) is 0 Å². The highest BCUT2D eigenvalue weighted by atomic mass is 79.9. The van der Waals surface area contributed by atoms with Crippen LogP contribution in [0.3, 0.4) is 0 Å². The summed E-state index contributed by atoms with van der Waals surface area (Å²) in [6.45, 7) is 8.64. The van der Waals surface area contributed by atoms with Gasteiger partial charge in [0.1, 0.15) is 5.75 Å². The number of hydrogen-bond donors (Lipinski definition) is 1. The Morgan fingerprint density at radius 3 is 2.38 bits per heavy atom. The summed E-state index contributed by atoms with van der Waals surface area (Å²) in [4.78, 5) is 0. The van der Waals surface area contributed by atoms with E-state index in [2.05, 4.69) is 49.7 Å². The van der Waals surface area contributed by atoms with Gasteiger partial charge in [0.05, 0.1) is 4.47 Å². The topological polar surface area (TPSA) is 20.2 Å². The Bertz CT molecular complexity index is 431. The van der Waals surface area contributed by atoms with Crippen molar-refractivity contribution in [1.29, 1.82) is 0 Å². The van der Waals surface area contributed by atoms with Gasteiger partial charge < -0.3 is 5.11 Å².